The van der Waals surface area contributed by atoms with E-state index in [4.69, 9.17) is 4.74 Å². The highest BCUT2D eigenvalue weighted by Crippen LogP contribution is 2.03. The normalized spacial score (nSPS) is 10.3. The topological polar surface area (TPSA) is 69.9 Å². The number of hydrogen-bond donors (Lipinski definition) is 0. The number of ether oxygens (including phenoxy) is 1. The number of aromatic nitrogens is 4. The van der Waals surface area contributed by atoms with Crippen LogP contribution in [-0.4, -0.2) is 32.8 Å². The van der Waals surface area contributed by atoms with E-state index in [9.17, 15) is 4.79 Å². The molecule has 0 radical (unpaired) electrons. The lowest BCUT2D eigenvalue weighted by Crippen LogP contribution is -2.14. The SMILES string of the molecule is CCOC(=O)Cc1nnnn1Cc1ccccc1. The van der Waals surface area contributed by atoms with Gasteiger partial charge in [0.25, 0.3) is 0 Å². The molecule has 1 aromatic heterocycles. The van der Waals surface area contributed by atoms with Gasteiger partial charge in [0, 0.05) is 0 Å². The fourth-order valence-electron chi connectivity index (χ4n) is 1.57. The van der Waals surface area contributed by atoms with E-state index in [1.165, 1.54) is 0 Å². The highest BCUT2D eigenvalue weighted by molar-refractivity contribution is 5.71. The van der Waals surface area contributed by atoms with Crippen molar-refractivity contribution in [2.45, 2.75) is 19.9 Å². The first kappa shape index (κ1) is 12.2. The number of carbonyl (C=O) groups is 1. The van der Waals surface area contributed by atoms with Crippen LogP contribution in [0.1, 0.15) is 18.3 Å². The van der Waals surface area contributed by atoms with Crippen LogP contribution in [0.5, 0.6) is 0 Å². The minimum atomic E-state index is -0.318. The number of hydrogen-bond acceptors (Lipinski definition) is 5. The van der Waals surface area contributed by atoms with Gasteiger partial charge in [-0.25, -0.2) is 4.68 Å². The van der Waals surface area contributed by atoms with E-state index in [0.717, 1.165) is 5.56 Å². The zero-order chi connectivity index (χ0) is 12.8. The monoisotopic (exact) mass is 246 g/mol. The first-order chi connectivity index (χ1) is 8.79. The Balaban J connectivity index is 2.06. The highest BCUT2D eigenvalue weighted by Gasteiger charge is 2.12. The summed E-state index contributed by atoms with van der Waals surface area (Å²) in [6.45, 7) is 2.67. The van der Waals surface area contributed by atoms with E-state index in [0.29, 0.717) is 19.0 Å². The van der Waals surface area contributed by atoms with Gasteiger partial charge in [0.2, 0.25) is 0 Å². The summed E-state index contributed by atoms with van der Waals surface area (Å²) in [5.74, 6) is 0.193. The van der Waals surface area contributed by atoms with Crippen molar-refractivity contribution in [2.75, 3.05) is 6.61 Å². The van der Waals surface area contributed by atoms with Crippen LogP contribution < -0.4 is 0 Å². The lowest BCUT2D eigenvalue weighted by molar-refractivity contribution is -0.142. The van der Waals surface area contributed by atoms with Crippen LogP contribution in [0.2, 0.25) is 0 Å². The second-order valence-electron chi connectivity index (χ2n) is 3.72. The van der Waals surface area contributed by atoms with E-state index in [-0.39, 0.29) is 12.4 Å². The first-order valence-corrected chi connectivity index (χ1v) is 5.74. The Morgan fingerprint density at radius 1 is 1.33 bits per heavy atom. The van der Waals surface area contributed by atoms with Crippen LogP contribution in [0.4, 0.5) is 0 Å². The minimum Gasteiger partial charge on any atom is -0.466 e. The molecule has 0 aliphatic carbocycles. The fourth-order valence-corrected chi connectivity index (χ4v) is 1.57. The molecule has 0 amide bonds. The van der Waals surface area contributed by atoms with E-state index in [1.807, 2.05) is 30.3 Å². The molecule has 0 atom stereocenters. The van der Waals surface area contributed by atoms with Crippen LogP contribution in [0.15, 0.2) is 30.3 Å². The largest absolute Gasteiger partial charge is 0.466 e. The molecule has 0 fully saturated rings. The number of nitrogens with zero attached hydrogens (tertiary/aromatic N) is 4. The summed E-state index contributed by atoms with van der Waals surface area (Å²) in [6.07, 6.45) is 0.0909. The number of esters is 1. The molecule has 1 aromatic carbocycles. The summed E-state index contributed by atoms with van der Waals surface area (Å²) in [4.78, 5) is 11.4. The molecule has 0 aliphatic heterocycles. The van der Waals surface area contributed by atoms with Gasteiger partial charge in [-0.15, -0.1) is 5.10 Å². The van der Waals surface area contributed by atoms with Gasteiger partial charge in [0.05, 0.1) is 13.2 Å². The Morgan fingerprint density at radius 3 is 2.83 bits per heavy atom. The van der Waals surface area contributed by atoms with E-state index in [2.05, 4.69) is 15.5 Å². The van der Waals surface area contributed by atoms with Crippen LogP contribution in [-0.2, 0) is 22.5 Å². The molecule has 0 aliphatic rings. The van der Waals surface area contributed by atoms with Crippen molar-refractivity contribution in [3.8, 4) is 0 Å². The summed E-state index contributed by atoms with van der Waals surface area (Å²) in [5, 5.41) is 11.3. The average molecular weight is 246 g/mol. The molecule has 2 rings (SSSR count). The zero-order valence-electron chi connectivity index (χ0n) is 10.1. The number of rotatable bonds is 5. The molecule has 2 aromatic rings. The standard InChI is InChI=1S/C12H14N4O2/c1-2-18-12(17)8-11-13-14-15-16(11)9-10-6-4-3-5-7-10/h3-7H,2,8-9H2,1H3. The molecular weight excluding hydrogens is 232 g/mol. The third-order valence-electron chi connectivity index (χ3n) is 2.39. The summed E-state index contributed by atoms with van der Waals surface area (Å²) >= 11 is 0. The molecule has 18 heavy (non-hydrogen) atoms. The first-order valence-electron chi connectivity index (χ1n) is 5.74. The highest BCUT2D eigenvalue weighted by atomic mass is 16.5. The molecule has 0 bridgehead atoms. The summed E-state index contributed by atoms with van der Waals surface area (Å²) < 4.78 is 6.48. The summed E-state index contributed by atoms with van der Waals surface area (Å²) in [7, 11) is 0. The molecule has 0 saturated heterocycles. The number of tetrazole rings is 1. The van der Waals surface area contributed by atoms with Gasteiger partial charge in [-0.1, -0.05) is 30.3 Å². The molecule has 94 valence electrons. The van der Waals surface area contributed by atoms with Crippen LogP contribution in [0.25, 0.3) is 0 Å². The van der Waals surface area contributed by atoms with Gasteiger partial charge in [-0.3, -0.25) is 4.79 Å². The lowest BCUT2D eigenvalue weighted by atomic mass is 10.2. The van der Waals surface area contributed by atoms with Crippen molar-refractivity contribution in [1.29, 1.82) is 0 Å². The second-order valence-corrected chi connectivity index (χ2v) is 3.72. The maximum atomic E-state index is 11.4. The Morgan fingerprint density at radius 2 is 2.11 bits per heavy atom. The van der Waals surface area contributed by atoms with Gasteiger partial charge >= 0.3 is 5.97 Å². The van der Waals surface area contributed by atoms with Gasteiger partial charge in [-0.2, -0.15) is 0 Å². The Labute approximate surface area is 105 Å². The van der Waals surface area contributed by atoms with Crippen LogP contribution in [0, 0.1) is 0 Å². The van der Waals surface area contributed by atoms with Crippen LogP contribution in [0.3, 0.4) is 0 Å². The predicted molar refractivity (Wildman–Crippen MR) is 63.7 cm³/mol. The molecule has 0 spiro atoms. The molecule has 6 heteroatoms. The van der Waals surface area contributed by atoms with E-state index < -0.39 is 0 Å². The van der Waals surface area contributed by atoms with Crippen molar-refractivity contribution < 1.29 is 9.53 Å². The minimum absolute atomic E-state index is 0.0909. The zero-order valence-corrected chi connectivity index (χ0v) is 10.1. The molecule has 0 saturated carbocycles. The molecule has 0 N–H and O–H groups in total. The molecule has 1 heterocycles. The maximum Gasteiger partial charge on any atom is 0.313 e. The van der Waals surface area contributed by atoms with Crippen LogP contribution >= 0.6 is 0 Å². The third-order valence-corrected chi connectivity index (χ3v) is 2.39. The average Bonchev–Trinajstić information content (AvgIpc) is 2.78. The van der Waals surface area contributed by atoms with Crippen molar-refractivity contribution in [1.82, 2.24) is 20.2 Å². The van der Waals surface area contributed by atoms with Gasteiger partial charge in [0.15, 0.2) is 5.82 Å². The van der Waals surface area contributed by atoms with Gasteiger partial charge in [-0.05, 0) is 22.9 Å². The van der Waals surface area contributed by atoms with E-state index in [1.54, 1.807) is 11.6 Å². The lowest BCUT2D eigenvalue weighted by Gasteiger charge is -2.04. The van der Waals surface area contributed by atoms with Crippen molar-refractivity contribution >= 4 is 5.97 Å². The predicted octanol–water partition coefficient (Wildman–Crippen LogP) is 0.827. The van der Waals surface area contributed by atoms with Crippen molar-refractivity contribution in [3.05, 3.63) is 41.7 Å². The fraction of sp³-hybridized carbons (Fsp3) is 0.333. The third kappa shape index (κ3) is 3.13. The smallest absolute Gasteiger partial charge is 0.313 e. The molecular formula is C12H14N4O2. The maximum absolute atomic E-state index is 11.4. The van der Waals surface area contributed by atoms with Gasteiger partial charge < -0.3 is 4.74 Å². The van der Waals surface area contributed by atoms with Gasteiger partial charge in [0.1, 0.15) is 6.42 Å². The van der Waals surface area contributed by atoms with E-state index >= 15 is 0 Å². The molecule has 0 unspecified atom stereocenters. The summed E-state index contributed by atoms with van der Waals surface area (Å²) in [5.41, 5.74) is 1.08. The quantitative estimate of drug-likeness (QED) is 0.731. The number of benzene rings is 1. The van der Waals surface area contributed by atoms with Crippen molar-refractivity contribution in [2.24, 2.45) is 0 Å². The Kier molecular flexibility index (Phi) is 4.01. The summed E-state index contributed by atoms with van der Waals surface area (Å²) in [6, 6.07) is 9.81. The molecule has 6 nitrogen and oxygen atoms in total. The number of carbonyl (C=O) groups excluding carboxylic acids is 1. The van der Waals surface area contributed by atoms with Crippen molar-refractivity contribution in [3.63, 3.8) is 0 Å². The Bertz CT molecular complexity index is 510. The Hall–Kier alpha value is -2.24. The second kappa shape index (κ2) is 5.90.